The number of nitrogens with one attached hydrogen (secondary N) is 3. The van der Waals surface area contributed by atoms with Gasteiger partial charge in [0.1, 0.15) is 5.82 Å². The molecule has 1 saturated heterocycles. The summed E-state index contributed by atoms with van der Waals surface area (Å²) < 4.78 is 0. The van der Waals surface area contributed by atoms with Crippen LogP contribution in [0.3, 0.4) is 0 Å². The molecule has 0 radical (unpaired) electrons. The highest BCUT2D eigenvalue weighted by Crippen LogP contribution is 2.13. The van der Waals surface area contributed by atoms with Gasteiger partial charge in [0.15, 0.2) is 0 Å². The van der Waals surface area contributed by atoms with Gasteiger partial charge >= 0.3 is 0 Å². The second-order valence-corrected chi connectivity index (χ2v) is 6.07. The molecular formula is C19H24N4O. The molecule has 1 unspecified atom stereocenters. The van der Waals surface area contributed by atoms with Gasteiger partial charge < -0.3 is 16.0 Å². The quantitative estimate of drug-likeness (QED) is 0.764. The molecule has 24 heavy (non-hydrogen) atoms. The Bertz CT molecular complexity index is 653. The Kier molecular flexibility index (Phi) is 5.80. The van der Waals surface area contributed by atoms with E-state index in [-0.39, 0.29) is 11.9 Å². The molecule has 1 aromatic carbocycles. The third kappa shape index (κ3) is 4.55. The molecule has 1 atom stereocenters. The Morgan fingerprint density at radius 3 is 2.79 bits per heavy atom. The van der Waals surface area contributed by atoms with Crippen LogP contribution in [0.15, 0.2) is 48.7 Å². The zero-order valence-corrected chi connectivity index (χ0v) is 13.8. The molecule has 0 saturated carbocycles. The lowest BCUT2D eigenvalue weighted by atomic mass is 10.0. The SMILES string of the molecule is O=C(NCc1cccnc1NCc1ccccc1)C1CCCCN1. The van der Waals surface area contributed by atoms with Crippen molar-refractivity contribution in [2.75, 3.05) is 11.9 Å². The Balaban J connectivity index is 1.56. The first-order valence-electron chi connectivity index (χ1n) is 8.56. The molecule has 126 valence electrons. The zero-order valence-electron chi connectivity index (χ0n) is 13.8. The van der Waals surface area contributed by atoms with Gasteiger partial charge in [-0.05, 0) is 31.0 Å². The monoisotopic (exact) mass is 324 g/mol. The van der Waals surface area contributed by atoms with Gasteiger partial charge in [-0.2, -0.15) is 0 Å². The molecule has 1 aliphatic rings. The Hall–Kier alpha value is -2.40. The Morgan fingerprint density at radius 2 is 2.00 bits per heavy atom. The maximum atomic E-state index is 12.2. The number of amides is 1. The van der Waals surface area contributed by atoms with Gasteiger partial charge in [-0.15, -0.1) is 0 Å². The van der Waals surface area contributed by atoms with E-state index in [1.807, 2.05) is 30.3 Å². The highest BCUT2D eigenvalue weighted by molar-refractivity contribution is 5.81. The minimum absolute atomic E-state index is 0.0591. The summed E-state index contributed by atoms with van der Waals surface area (Å²) >= 11 is 0. The smallest absolute Gasteiger partial charge is 0.237 e. The number of rotatable bonds is 6. The lowest BCUT2D eigenvalue weighted by Gasteiger charge is -2.22. The van der Waals surface area contributed by atoms with Crippen LogP contribution >= 0.6 is 0 Å². The van der Waals surface area contributed by atoms with E-state index >= 15 is 0 Å². The van der Waals surface area contributed by atoms with Gasteiger partial charge in [0.2, 0.25) is 5.91 Å². The first-order valence-corrected chi connectivity index (χ1v) is 8.56. The third-order valence-corrected chi connectivity index (χ3v) is 4.27. The van der Waals surface area contributed by atoms with Crippen molar-refractivity contribution in [2.45, 2.75) is 38.4 Å². The predicted molar refractivity (Wildman–Crippen MR) is 95.5 cm³/mol. The van der Waals surface area contributed by atoms with E-state index in [2.05, 4.69) is 33.1 Å². The molecule has 1 aromatic heterocycles. The molecule has 2 aromatic rings. The molecule has 0 bridgehead atoms. The molecule has 3 rings (SSSR count). The van der Waals surface area contributed by atoms with Crippen molar-refractivity contribution < 1.29 is 4.79 Å². The summed E-state index contributed by atoms with van der Waals surface area (Å²) in [5, 5.41) is 9.65. The standard InChI is InChI=1S/C19H24N4O/c24-19(17-10-4-5-11-20-17)23-14-16-9-6-12-21-18(16)22-13-15-7-2-1-3-8-15/h1-3,6-9,12,17,20H,4-5,10-11,13-14H2,(H,21,22)(H,23,24). The van der Waals surface area contributed by atoms with Crippen LogP contribution in [0, 0.1) is 0 Å². The largest absolute Gasteiger partial charge is 0.366 e. The first-order chi connectivity index (χ1) is 11.8. The van der Waals surface area contributed by atoms with E-state index in [0.717, 1.165) is 37.2 Å². The van der Waals surface area contributed by atoms with Gasteiger partial charge in [0.25, 0.3) is 0 Å². The van der Waals surface area contributed by atoms with Gasteiger partial charge in [-0.25, -0.2) is 4.98 Å². The molecule has 1 aliphatic heterocycles. The fourth-order valence-electron chi connectivity index (χ4n) is 2.90. The van der Waals surface area contributed by atoms with E-state index in [1.165, 1.54) is 5.56 Å². The molecule has 3 N–H and O–H groups in total. The maximum Gasteiger partial charge on any atom is 0.237 e. The molecule has 5 heteroatoms. The number of benzene rings is 1. The molecule has 1 amide bonds. The number of carbonyl (C=O) groups excluding carboxylic acids is 1. The van der Waals surface area contributed by atoms with Crippen molar-refractivity contribution in [3.05, 3.63) is 59.8 Å². The van der Waals surface area contributed by atoms with Crippen molar-refractivity contribution in [3.63, 3.8) is 0 Å². The number of piperidine rings is 1. The lowest BCUT2D eigenvalue weighted by molar-refractivity contribution is -0.123. The first kappa shape index (κ1) is 16.5. The van der Waals surface area contributed by atoms with Gasteiger partial charge in [0.05, 0.1) is 6.04 Å². The van der Waals surface area contributed by atoms with Crippen LogP contribution in [0.2, 0.25) is 0 Å². The number of nitrogens with zero attached hydrogens (tertiary/aromatic N) is 1. The fourth-order valence-corrected chi connectivity index (χ4v) is 2.90. The third-order valence-electron chi connectivity index (χ3n) is 4.27. The lowest BCUT2D eigenvalue weighted by Crippen LogP contribution is -2.46. The van der Waals surface area contributed by atoms with E-state index in [1.54, 1.807) is 6.20 Å². The summed E-state index contributed by atoms with van der Waals surface area (Å²) in [6.07, 6.45) is 4.95. The summed E-state index contributed by atoms with van der Waals surface area (Å²) in [5.41, 5.74) is 2.20. The van der Waals surface area contributed by atoms with Crippen LogP contribution in [-0.2, 0) is 17.9 Å². The van der Waals surface area contributed by atoms with Crippen LogP contribution in [-0.4, -0.2) is 23.5 Å². The molecule has 1 fully saturated rings. The number of carbonyl (C=O) groups is 1. The summed E-state index contributed by atoms with van der Waals surface area (Å²) in [6, 6.07) is 14.0. The molecule has 2 heterocycles. The fraction of sp³-hybridized carbons (Fsp3) is 0.368. The van der Waals surface area contributed by atoms with Crippen molar-refractivity contribution in [3.8, 4) is 0 Å². The van der Waals surface area contributed by atoms with Crippen molar-refractivity contribution in [2.24, 2.45) is 0 Å². The highest BCUT2D eigenvalue weighted by Gasteiger charge is 2.20. The van der Waals surface area contributed by atoms with Crippen LogP contribution < -0.4 is 16.0 Å². The summed E-state index contributed by atoms with van der Waals surface area (Å²) in [7, 11) is 0. The van der Waals surface area contributed by atoms with Crippen LogP contribution in [0.1, 0.15) is 30.4 Å². The summed E-state index contributed by atoms with van der Waals surface area (Å²) in [5.74, 6) is 0.894. The minimum Gasteiger partial charge on any atom is -0.366 e. The highest BCUT2D eigenvalue weighted by atomic mass is 16.2. The predicted octanol–water partition coefficient (Wildman–Crippen LogP) is 2.45. The van der Waals surface area contributed by atoms with Crippen molar-refractivity contribution in [1.29, 1.82) is 0 Å². The van der Waals surface area contributed by atoms with E-state index < -0.39 is 0 Å². The van der Waals surface area contributed by atoms with Crippen LogP contribution in [0.25, 0.3) is 0 Å². The van der Waals surface area contributed by atoms with Crippen LogP contribution in [0.4, 0.5) is 5.82 Å². The number of hydrogen-bond acceptors (Lipinski definition) is 4. The topological polar surface area (TPSA) is 66.0 Å². The maximum absolute atomic E-state index is 12.2. The van der Waals surface area contributed by atoms with Crippen molar-refractivity contribution in [1.82, 2.24) is 15.6 Å². The normalized spacial score (nSPS) is 17.2. The van der Waals surface area contributed by atoms with Gasteiger partial charge in [0, 0.05) is 24.8 Å². The van der Waals surface area contributed by atoms with Gasteiger partial charge in [-0.1, -0.05) is 42.8 Å². The second kappa shape index (κ2) is 8.45. The van der Waals surface area contributed by atoms with E-state index in [0.29, 0.717) is 13.1 Å². The summed E-state index contributed by atoms with van der Waals surface area (Å²) in [6.45, 7) is 2.12. The second-order valence-electron chi connectivity index (χ2n) is 6.07. The number of aromatic nitrogens is 1. The number of anilines is 1. The average Bonchev–Trinajstić information content (AvgIpc) is 2.66. The molecular weight excluding hydrogens is 300 g/mol. The molecule has 5 nitrogen and oxygen atoms in total. The van der Waals surface area contributed by atoms with Gasteiger partial charge in [-0.3, -0.25) is 4.79 Å². The summed E-state index contributed by atoms with van der Waals surface area (Å²) in [4.78, 5) is 16.7. The molecule has 0 aliphatic carbocycles. The van der Waals surface area contributed by atoms with E-state index in [9.17, 15) is 4.79 Å². The molecule has 0 spiro atoms. The zero-order chi connectivity index (χ0) is 16.6. The Labute approximate surface area is 142 Å². The average molecular weight is 324 g/mol. The van der Waals surface area contributed by atoms with E-state index in [4.69, 9.17) is 0 Å². The Morgan fingerprint density at radius 1 is 1.12 bits per heavy atom. The minimum atomic E-state index is -0.0591. The van der Waals surface area contributed by atoms with Crippen LogP contribution in [0.5, 0.6) is 0 Å². The number of hydrogen-bond donors (Lipinski definition) is 3. The number of pyridine rings is 1. The van der Waals surface area contributed by atoms with Crippen molar-refractivity contribution >= 4 is 11.7 Å².